The summed E-state index contributed by atoms with van der Waals surface area (Å²) in [4.78, 5) is 65.7. The number of carbonyl (C=O) groups excluding carboxylic acids is 4. The Kier molecular flexibility index (Phi) is 41.2. The lowest BCUT2D eigenvalue weighted by molar-refractivity contribution is -0.392. The summed E-state index contributed by atoms with van der Waals surface area (Å²) in [6, 6.07) is 39.9. The van der Waals surface area contributed by atoms with Gasteiger partial charge in [0.1, 0.15) is 23.0 Å². The number of ether oxygens (including phenoxy) is 5. The van der Waals surface area contributed by atoms with Crippen molar-refractivity contribution < 1.29 is 79.0 Å². The molecule has 4 bridgehead atoms. The Hall–Kier alpha value is -6.55. The number of aryl methyl sites for hydroxylation is 6. The van der Waals surface area contributed by atoms with Crippen LogP contribution in [0.2, 0.25) is 24.7 Å². The molecule has 7 fully saturated rings. The van der Waals surface area contributed by atoms with E-state index in [2.05, 4.69) is 60.4 Å². The molecule has 6 aromatic carbocycles. The van der Waals surface area contributed by atoms with E-state index in [1.54, 1.807) is 19.1 Å². The van der Waals surface area contributed by atoms with E-state index in [0.717, 1.165) is 120 Å². The number of rotatable bonds is 19. The van der Waals surface area contributed by atoms with Crippen molar-refractivity contribution in [3.63, 3.8) is 0 Å². The van der Waals surface area contributed by atoms with E-state index in [1.165, 1.54) is 6.55 Å². The molecule has 2 N–H and O–H groups in total. The number of ketones is 2. The molecule has 13 rings (SSSR count). The summed E-state index contributed by atoms with van der Waals surface area (Å²) in [6.07, 6.45) is 4.38. The fraction of sp³-hybridized carbons (Fsp3) is 0.518. The molecular weight excluding hydrogens is 1370 g/mol. The van der Waals surface area contributed by atoms with Gasteiger partial charge in [0.25, 0.3) is 6.48 Å². The molecule has 0 radical (unpaired) electrons. The van der Waals surface area contributed by atoms with E-state index in [9.17, 15) is 19.2 Å². The zero-order chi connectivity index (χ0) is 78.7. The van der Waals surface area contributed by atoms with Crippen LogP contribution in [0.1, 0.15) is 216 Å². The van der Waals surface area contributed by atoms with Gasteiger partial charge in [0.2, 0.25) is 0 Å². The normalized spacial score (nSPS) is 19.5. The summed E-state index contributed by atoms with van der Waals surface area (Å²) in [5.41, 5.74) is 10.6. The van der Waals surface area contributed by atoms with Crippen LogP contribution in [0.15, 0.2) is 121 Å². The number of piperidine rings is 1. The fourth-order valence-corrected chi connectivity index (χ4v) is 15.1. The first-order chi connectivity index (χ1) is 49.2. The predicted octanol–water partition coefficient (Wildman–Crippen LogP) is 18.4. The fourth-order valence-electron chi connectivity index (χ4n) is 11.1. The Labute approximate surface area is 627 Å². The van der Waals surface area contributed by atoms with E-state index in [4.69, 9.17) is 59.8 Å². The maximum absolute atomic E-state index is 12.4. The molecule has 7 aliphatic heterocycles. The summed E-state index contributed by atoms with van der Waals surface area (Å²) in [5.74, 6) is 3.17. The molecule has 18 nitrogen and oxygen atoms in total. The lowest BCUT2D eigenvalue weighted by Gasteiger charge is -2.55. The number of benzene rings is 6. The molecular formula is C83H127NO17Si3. The van der Waals surface area contributed by atoms with Crippen LogP contribution >= 0.6 is 0 Å². The van der Waals surface area contributed by atoms with Crippen LogP contribution < -0.4 is 18.9 Å². The number of likely N-dealkylation sites (tertiary alicyclic amines) is 1. The van der Waals surface area contributed by atoms with Gasteiger partial charge in [-0.25, -0.2) is 0 Å². The average molecular weight is 1500 g/mol. The number of carbonyl (C=O) groups is 4. The van der Waals surface area contributed by atoms with Crippen LogP contribution in [0.4, 0.5) is 0 Å². The largest absolute Gasteiger partial charge is 0.511 e. The molecule has 578 valence electrons. The van der Waals surface area contributed by atoms with Crippen molar-refractivity contribution in [3.05, 3.63) is 188 Å². The van der Waals surface area contributed by atoms with Crippen LogP contribution in [-0.2, 0) is 31.3 Å². The second-order valence-electron chi connectivity index (χ2n) is 26.8. The first-order valence-corrected chi connectivity index (χ1v) is 43.5. The molecule has 104 heavy (non-hydrogen) atoms. The minimum Gasteiger partial charge on any atom is -0.494 e. The van der Waals surface area contributed by atoms with Crippen LogP contribution in [0, 0.1) is 47.0 Å². The summed E-state index contributed by atoms with van der Waals surface area (Å²) in [6.45, 7) is 53.6. The van der Waals surface area contributed by atoms with Crippen molar-refractivity contribution in [2.75, 3.05) is 59.9 Å². The topological polar surface area (TPSA) is 214 Å². The van der Waals surface area contributed by atoms with Gasteiger partial charge in [0.15, 0.2) is 24.1 Å². The summed E-state index contributed by atoms with van der Waals surface area (Å²) in [5, 5.41) is 0. The van der Waals surface area contributed by atoms with Crippen molar-refractivity contribution in [1.29, 1.82) is 0 Å². The lowest BCUT2D eigenvalue weighted by atomic mass is 9.79. The first kappa shape index (κ1) is 93.5. The standard InChI is InChI=1S/2C17H18O2.C12H25NO.2C10H12O2.C7H14O3Si.C3H6O3Si.C3H10O2Si.2C2H6/c2*1-4-19-16-11-12(2)15(10-13(16)3)17(18)14-8-6-5-7-9-14;1-7-14-10-8-11(2,3)13(6)12(4,5)9-10;2*1-3-12-10-6-4-5-8(2)9(10)7-11;1-3-11-8-4-7(2,5-9-11)6-10-11;1-2-7-4-3(5-7)6-7;1-3-6(2,4)5;2*1-2/h2*5-11H,4H2,1-3H3;10H,7-9H2,1-6H3;2*4-7H,3H2,1-2H3;3-6H2,1-2H3;3H,2H2,1H3;4-5H,3H2,1-2H3;2*1-2H3. The van der Waals surface area contributed by atoms with Crippen LogP contribution in [0.5, 0.6) is 23.0 Å². The molecule has 0 amide bonds. The smallest absolute Gasteiger partial charge is 0.494 e. The van der Waals surface area contributed by atoms with E-state index < -0.39 is 26.2 Å². The highest BCUT2D eigenvalue weighted by molar-refractivity contribution is 6.65. The highest BCUT2D eigenvalue weighted by Gasteiger charge is 2.67. The maximum Gasteiger partial charge on any atom is 0.511 e. The van der Waals surface area contributed by atoms with Gasteiger partial charge in [-0.05, 0) is 206 Å². The molecule has 6 aromatic rings. The Balaban J connectivity index is 0.000000409. The molecule has 0 saturated carbocycles. The Morgan fingerprint density at radius 2 is 0.827 bits per heavy atom. The summed E-state index contributed by atoms with van der Waals surface area (Å²) < 4.78 is 59.4. The molecule has 0 aromatic heterocycles. The van der Waals surface area contributed by atoms with Gasteiger partial charge >= 0.3 is 26.2 Å². The lowest BCUT2D eigenvalue weighted by Crippen LogP contribution is -2.75. The van der Waals surface area contributed by atoms with E-state index in [-0.39, 0.29) is 34.5 Å². The van der Waals surface area contributed by atoms with Gasteiger partial charge in [-0.3, -0.25) is 24.1 Å². The monoisotopic (exact) mass is 1490 g/mol. The quantitative estimate of drug-likeness (QED) is 0.0438. The molecule has 7 heterocycles. The average Bonchev–Trinajstić information content (AvgIpc) is 0.734. The van der Waals surface area contributed by atoms with E-state index >= 15 is 0 Å². The van der Waals surface area contributed by atoms with Gasteiger partial charge in [-0.1, -0.05) is 140 Å². The number of hydrogen-bond donors (Lipinski definition) is 2. The van der Waals surface area contributed by atoms with Gasteiger partial charge in [0.05, 0.1) is 43.7 Å². The minimum absolute atomic E-state index is 0.0595. The Morgan fingerprint density at radius 3 is 1.10 bits per heavy atom. The zero-order valence-electron chi connectivity index (χ0n) is 67.5. The van der Waals surface area contributed by atoms with Crippen LogP contribution in [0.3, 0.4) is 0 Å². The molecule has 0 atom stereocenters. The molecule has 0 spiro atoms. The van der Waals surface area contributed by atoms with Crippen LogP contribution in [-0.4, -0.2) is 148 Å². The highest BCUT2D eigenvalue weighted by atomic mass is 28.4. The van der Waals surface area contributed by atoms with E-state index in [1.807, 2.05) is 213 Å². The number of fused-ring (bicyclic) bond motifs is 3. The Morgan fingerprint density at radius 1 is 0.490 bits per heavy atom. The molecule has 21 heteroatoms. The molecule has 7 aliphatic rings. The number of hydrogen-bond acceptors (Lipinski definition) is 18. The SMILES string of the molecule is CC.CC.CCOC1CC(C)(C)N(C)C(C)(C)C1.CCOc1cc(C)c(C(=O)c2ccccc2)cc1C.CCOc1cc(C)c(C(=O)c2ccccc2)cc1C.CCOc1cccc(C)c1C=O.CCOc1cccc(C)c1C=O.CC[Si](C)(O)O.CC[Si]12OC(O1)O2.CC[Si]12OCC(C)(CO1)CO2. The third kappa shape index (κ3) is 29.0. The van der Waals surface area contributed by atoms with E-state index in [0.29, 0.717) is 72.3 Å². The van der Waals surface area contributed by atoms with Crippen molar-refractivity contribution in [2.24, 2.45) is 5.41 Å². The van der Waals surface area contributed by atoms with Gasteiger partial charge in [-0.2, -0.15) is 0 Å². The maximum atomic E-state index is 12.4. The Bertz CT molecular complexity index is 3290. The van der Waals surface area contributed by atoms with Crippen LogP contribution in [0.25, 0.3) is 0 Å². The van der Waals surface area contributed by atoms with Gasteiger partial charge in [0, 0.05) is 77.3 Å². The van der Waals surface area contributed by atoms with Gasteiger partial charge < -0.3 is 59.8 Å². The second kappa shape index (κ2) is 45.8. The third-order valence-electron chi connectivity index (χ3n) is 17.6. The molecule has 0 aliphatic carbocycles. The van der Waals surface area contributed by atoms with Crippen molar-refractivity contribution in [2.45, 2.75) is 220 Å². The van der Waals surface area contributed by atoms with Crippen molar-refractivity contribution in [3.8, 4) is 23.0 Å². The summed E-state index contributed by atoms with van der Waals surface area (Å²) >= 11 is 0. The number of nitrogens with zero attached hydrogens (tertiary/aromatic N) is 1. The number of aldehydes is 2. The summed E-state index contributed by atoms with van der Waals surface area (Å²) in [7, 11) is -4.35. The second-order valence-corrected chi connectivity index (χ2v) is 35.7. The highest BCUT2D eigenvalue weighted by Crippen LogP contribution is 2.43. The third-order valence-corrected chi connectivity index (χ3v) is 24.0. The first-order valence-electron chi connectivity index (χ1n) is 37.0. The van der Waals surface area contributed by atoms with Crippen molar-refractivity contribution in [1.82, 2.24) is 4.90 Å². The molecule has 0 unspecified atom stereocenters. The minimum atomic E-state index is -2.63. The van der Waals surface area contributed by atoms with Gasteiger partial charge in [-0.15, -0.1) is 0 Å². The van der Waals surface area contributed by atoms with Crippen molar-refractivity contribution >= 4 is 50.3 Å². The zero-order valence-corrected chi connectivity index (χ0v) is 70.5. The molecule has 7 saturated heterocycles. The predicted molar refractivity (Wildman–Crippen MR) is 425 cm³/mol.